The van der Waals surface area contributed by atoms with Gasteiger partial charge in [-0.25, -0.2) is 9.78 Å². The molecule has 1 aromatic heterocycles. The van der Waals surface area contributed by atoms with Crippen LogP contribution in [-0.4, -0.2) is 168 Å². The van der Waals surface area contributed by atoms with Gasteiger partial charge in [-0.3, -0.25) is 4.79 Å². The van der Waals surface area contributed by atoms with Crippen molar-refractivity contribution in [3.63, 3.8) is 0 Å². The number of halogens is 1. The first kappa shape index (κ1) is 52.2. The van der Waals surface area contributed by atoms with E-state index >= 15 is 0 Å². The molecule has 73 heavy (non-hydrogen) atoms. The highest BCUT2D eigenvalue weighted by molar-refractivity contribution is 6.30. The lowest BCUT2D eigenvalue weighted by atomic mass is 9.88. The number of nitrogens with zero attached hydrogens (tertiary/aromatic N) is 2. The normalized spacial score (nSPS) is 33.6. The third-order valence-electron chi connectivity index (χ3n) is 13.8. The molecule has 5 N–H and O–H groups in total. The molecule has 3 aromatic rings. The fourth-order valence-corrected chi connectivity index (χ4v) is 10.5. The number of amides is 1. The number of rotatable bonds is 11. The van der Waals surface area contributed by atoms with E-state index in [2.05, 4.69) is 34.0 Å². The Labute approximate surface area is 427 Å². The van der Waals surface area contributed by atoms with E-state index in [1.807, 2.05) is 39.8 Å². The predicted octanol–water partition coefficient (Wildman–Crippen LogP) is 3.51. The molecule has 14 atom stereocenters. The molecule has 3 fully saturated rings. The molecule has 5 aliphatic heterocycles. The van der Waals surface area contributed by atoms with Gasteiger partial charge < -0.3 is 78.0 Å². The van der Waals surface area contributed by atoms with E-state index in [4.69, 9.17) is 59.0 Å². The first-order chi connectivity index (χ1) is 34.7. The summed E-state index contributed by atoms with van der Waals surface area (Å²) in [6.07, 6.45) is -6.35. The Hall–Kier alpha value is -5.68. The van der Waals surface area contributed by atoms with E-state index in [0.29, 0.717) is 22.1 Å². The minimum Gasteiger partial charge on any atom is -0.507 e. The number of pyridine rings is 1. The van der Waals surface area contributed by atoms with Gasteiger partial charge in [-0.1, -0.05) is 35.3 Å². The number of nitrogens with one attached hydrogen (secondary N) is 1. The number of benzene rings is 2. The second-order valence-corrected chi connectivity index (χ2v) is 20.1. The van der Waals surface area contributed by atoms with Crippen LogP contribution in [0.1, 0.15) is 63.5 Å². The Morgan fingerprint density at radius 3 is 2.47 bits per heavy atom. The molecule has 2 aromatic carbocycles. The lowest BCUT2D eigenvalue weighted by Crippen LogP contribution is -2.57. The average Bonchev–Trinajstić information content (AvgIpc) is 3.95. The Bertz CT molecular complexity index is 2840. The monoisotopic (exact) mass is 1030 g/mol. The molecule has 6 heterocycles. The van der Waals surface area contributed by atoms with Crippen molar-refractivity contribution < 1.29 is 77.4 Å². The number of hydrogen-bond acceptors (Lipinski definition) is 18. The summed E-state index contributed by atoms with van der Waals surface area (Å²) in [6.45, 7) is 8.20. The Kier molecular flexibility index (Phi) is 14.7. The van der Waals surface area contributed by atoms with E-state index in [1.54, 1.807) is 31.2 Å². The zero-order chi connectivity index (χ0) is 52.3. The van der Waals surface area contributed by atoms with Gasteiger partial charge in [-0.05, 0) is 90.5 Å². The van der Waals surface area contributed by atoms with E-state index in [0.717, 1.165) is 0 Å². The van der Waals surface area contributed by atoms with E-state index in [1.165, 1.54) is 39.4 Å². The third-order valence-corrected chi connectivity index (χ3v) is 14.1. The van der Waals surface area contributed by atoms with Crippen molar-refractivity contribution in [1.29, 1.82) is 0 Å². The SMILES string of the molecule is COc1c(OC(C)C)cc2cc(O)c(C(=O)NC3Cc4ccc(c(Cl)n4)O[C@H]4C=C5C#CC(=CC#C[C@@H]6OC56[C@@H]4O[C@H]4C[C@@](C)(O)[C@@H](O)[C@H](C)O4)C(O[C@H]4C[C@H](O)[C@H](N(C)C)[C@H](C)O4)COC3=O)cc2c1OC. The van der Waals surface area contributed by atoms with Crippen LogP contribution in [0.4, 0.5) is 0 Å². The number of ether oxygens (including phenoxy) is 10. The molecule has 19 nitrogen and oxygen atoms in total. The molecule has 0 saturated carbocycles. The number of phenols is 1. The van der Waals surface area contributed by atoms with E-state index in [9.17, 15) is 30.0 Å². The molecule has 10 rings (SSSR count). The molecule has 3 unspecified atom stereocenters. The van der Waals surface area contributed by atoms with E-state index in [-0.39, 0.29) is 70.6 Å². The van der Waals surface area contributed by atoms with E-state index < -0.39 is 103 Å². The Morgan fingerprint density at radius 2 is 1.78 bits per heavy atom. The molecule has 1 amide bonds. The number of esters is 1. The number of methoxy groups -OCH3 is 2. The maximum atomic E-state index is 14.5. The standard InChI is InChI=1S/C53H60ClN3O16/c1-25(2)67-38-18-29-17-35(58)33(21-32(29)45(64-8)46(38)65-9)50(61)56-34-20-31-15-16-37(49(54)55-31)70-39-19-30-14-13-28(40(24-66-51(34)62)71-42-22-36(59)44(57(6)7)26(3)68-42)11-10-12-41-53(30,73-41)48(39)72-43-23-52(5,63)47(60)27(4)69-43/h11,15-19,21,25-27,34,36,39-44,47-48,58-60,63H,20,22-24H2,1-9H3,(H,56,61)/t26-,27-,34?,36-,39-,40?,41-,42-,43-,44+,47-,48+,52+,53?/m0/s1. The molecule has 20 heteroatoms. The average molecular weight is 1030 g/mol. The van der Waals surface area contributed by atoms with Crippen molar-refractivity contribution in [3.05, 3.63) is 70.0 Å². The molecule has 0 radical (unpaired) electrons. The van der Waals surface area contributed by atoms with Crippen molar-refractivity contribution in [1.82, 2.24) is 15.2 Å². The van der Waals surface area contributed by atoms with Crippen LogP contribution in [0.5, 0.6) is 28.7 Å². The number of aromatic nitrogens is 1. The first-order valence-electron chi connectivity index (χ1n) is 24.1. The minimum absolute atomic E-state index is 0.0664. The highest BCUT2D eigenvalue weighted by atomic mass is 35.5. The lowest BCUT2D eigenvalue weighted by molar-refractivity contribution is -0.290. The third kappa shape index (κ3) is 10.3. The molecule has 3 saturated heterocycles. The smallest absolute Gasteiger partial charge is 0.329 e. The summed E-state index contributed by atoms with van der Waals surface area (Å²) in [4.78, 5) is 35.3. The van der Waals surface area contributed by atoms with Crippen LogP contribution < -0.4 is 24.3 Å². The highest BCUT2D eigenvalue weighted by Gasteiger charge is 2.70. The quantitative estimate of drug-likeness (QED) is 0.0800. The topological polar surface area (TPSA) is 239 Å². The lowest BCUT2D eigenvalue weighted by Gasteiger charge is -2.43. The second-order valence-electron chi connectivity index (χ2n) is 19.7. The Morgan fingerprint density at radius 1 is 1.03 bits per heavy atom. The van der Waals surface area contributed by atoms with Crippen LogP contribution in [0.2, 0.25) is 5.15 Å². The fourth-order valence-electron chi connectivity index (χ4n) is 10.3. The van der Waals surface area contributed by atoms with Crippen molar-refractivity contribution in [2.75, 3.05) is 34.9 Å². The maximum Gasteiger partial charge on any atom is 0.329 e. The van der Waals surface area contributed by atoms with Crippen LogP contribution in [0.15, 0.2) is 53.6 Å². The van der Waals surface area contributed by atoms with Crippen molar-refractivity contribution >= 4 is 34.2 Å². The summed E-state index contributed by atoms with van der Waals surface area (Å²) in [5.74, 6) is 11.4. The van der Waals surface area contributed by atoms with Gasteiger partial charge in [-0.2, -0.15) is 0 Å². The number of aliphatic hydroxyl groups is 3. The van der Waals surface area contributed by atoms with Gasteiger partial charge >= 0.3 is 5.97 Å². The summed E-state index contributed by atoms with van der Waals surface area (Å²) in [6, 6.07) is 5.81. The number of carbonyl (C=O) groups excluding carboxylic acids is 2. The van der Waals surface area contributed by atoms with Gasteiger partial charge in [0, 0.05) is 47.6 Å². The molecule has 2 aliphatic carbocycles. The largest absolute Gasteiger partial charge is 0.507 e. The summed E-state index contributed by atoms with van der Waals surface area (Å²) in [7, 11) is 6.58. The number of likely N-dealkylation sites (N-methyl/N-ethyl adjacent to an activating group) is 1. The van der Waals surface area contributed by atoms with Gasteiger partial charge in [0.1, 0.15) is 42.8 Å². The number of phenolic OH excluding ortho intramolecular Hbond substituents is 1. The summed E-state index contributed by atoms with van der Waals surface area (Å²) < 4.78 is 61.9. The van der Waals surface area contributed by atoms with Crippen LogP contribution in [0.3, 0.4) is 0 Å². The number of allylic oxidation sites excluding steroid dienone is 1. The van der Waals surface area contributed by atoms with Gasteiger partial charge in [0.2, 0.25) is 5.75 Å². The number of hydrogen-bond donors (Lipinski definition) is 5. The fraction of sp³-hybridized carbons (Fsp3) is 0.528. The van der Waals surface area contributed by atoms with Crippen molar-refractivity contribution in [3.8, 4) is 52.4 Å². The summed E-state index contributed by atoms with van der Waals surface area (Å²) in [5, 5.41) is 48.0. The molecule has 1 spiro atoms. The van der Waals surface area contributed by atoms with Crippen LogP contribution in [0, 0.1) is 23.7 Å². The summed E-state index contributed by atoms with van der Waals surface area (Å²) in [5.41, 5.74) is -2.05. The number of carbonyl (C=O) groups is 2. The molecular weight excluding hydrogens is 970 g/mol. The molecule has 7 aliphatic rings. The van der Waals surface area contributed by atoms with Gasteiger partial charge in [0.15, 0.2) is 46.7 Å². The number of epoxide rings is 1. The Balaban J connectivity index is 1.09. The first-order valence-corrected chi connectivity index (χ1v) is 24.5. The number of aromatic hydroxyl groups is 1. The van der Waals surface area contributed by atoms with Crippen molar-refractivity contribution in [2.24, 2.45) is 0 Å². The number of fused-ring (bicyclic) bond motifs is 8. The van der Waals surface area contributed by atoms with Gasteiger partial charge in [0.05, 0.1) is 55.8 Å². The van der Waals surface area contributed by atoms with Gasteiger partial charge in [-0.15, -0.1) is 0 Å². The highest BCUT2D eigenvalue weighted by Crippen LogP contribution is 2.54. The maximum absolute atomic E-state index is 14.5. The van der Waals surface area contributed by atoms with Crippen LogP contribution in [0.25, 0.3) is 10.8 Å². The van der Waals surface area contributed by atoms with Gasteiger partial charge in [0.25, 0.3) is 5.91 Å². The van der Waals surface area contributed by atoms with Crippen LogP contribution >= 0.6 is 11.6 Å². The van der Waals surface area contributed by atoms with Crippen LogP contribution in [-0.2, 0) is 39.6 Å². The van der Waals surface area contributed by atoms with Crippen molar-refractivity contribution in [2.45, 2.75) is 145 Å². The summed E-state index contributed by atoms with van der Waals surface area (Å²) >= 11 is 6.86. The molecule has 5 bridgehead atoms. The molecule has 390 valence electrons. The predicted molar refractivity (Wildman–Crippen MR) is 261 cm³/mol. The minimum atomic E-state index is -1.55. The molecular formula is C53H60ClN3O16. The number of aliphatic hydroxyl groups excluding tert-OH is 2. The zero-order valence-corrected chi connectivity index (χ0v) is 42.6. The second kappa shape index (κ2) is 20.6. The zero-order valence-electron chi connectivity index (χ0n) is 41.8.